The van der Waals surface area contributed by atoms with E-state index in [1.807, 2.05) is 23.7 Å². The summed E-state index contributed by atoms with van der Waals surface area (Å²) in [6, 6.07) is 12.0. The summed E-state index contributed by atoms with van der Waals surface area (Å²) in [6.45, 7) is 0. The first kappa shape index (κ1) is 17.0. The summed E-state index contributed by atoms with van der Waals surface area (Å²) in [5.74, 6) is 0.142. The number of para-hydroxylation sites is 1. The molecule has 2 aromatic carbocycles. The maximum absolute atomic E-state index is 13.7. The van der Waals surface area contributed by atoms with E-state index in [0.717, 1.165) is 5.56 Å². The van der Waals surface area contributed by atoms with Gasteiger partial charge in [-0.3, -0.25) is 0 Å². The lowest BCUT2D eigenvalue weighted by Crippen LogP contribution is -2.34. The van der Waals surface area contributed by atoms with E-state index < -0.39 is 17.9 Å². The van der Waals surface area contributed by atoms with Gasteiger partial charge in [-0.25, -0.2) is 14.2 Å². The quantitative estimate of drug-likeness (QED) is 0.737. The molecular formula is C18H16ClFN4O. The number of nitrogens with one attached hydrogen (secondary N) is 2. The second kappa shape index (κ2) is 7.36. The summed E-state index contributed by atoms with van der Waals surface area (Å²) >= 11 is 5.94. The molecule has 3 aromatic rings. The van der Waals surface area contributed by atoms with Crippen LogP contribution in [0.4, 0.5) is 14.9 Å². The third-order valence-electron chi connectivity index (χ3n) is 3.72. The Bertz CT molecular complexity index is 879. The molecule has 1 heterocycles. The molecule has 25 heavy (non-hydrogen) atoms. The molecule has 0 aliphatic rings. The molecule has 0 spiro atoms. The highest BCUT2D eigenvalue weighted by atomic mass is 35.5. The molecule has 0 radical (unpaired) electrons. The number of halogens is 2. The first-order valence-electron chi connectivity index (χ1n) is 7.59. The van der Waals surface area contributed by atoms with Gasteiger partial charge in [-0.05, 0) is 29.8 Å². The van der Waals surface area contributed by atoms with Crippen LogP contribution in [0, 0.1) is 5.82 Å². The highest BCUT2D eigenvalue weighted by molar-refractivity contribution is 6.30. The molecule has 5 nitrogen and oxygen atoms in total. The van der Waals surface area contributed by atoms with E-state index in [0.29, 0.717) is 10.8 Å². The minimum Gasteiger partial charge on any atom is -0.336 e. The highest BCUT2D eigenvalue weighted by Crippen LogP contribution is 2.22. The number of rotatable bonds is 4. The molecule has 0 aliphatic heterocycles. The van der Waals surface area contributed by atoms with Gasteiger partial charge in [0.05, 0.1) is 5.69 Å². The van der Waals surface area contributed by atoms with Crippen LogP contribution >= 0.6 is 11.6 Å². The van der Waals surface area contributed by atoms with Gasteiger partial charge >= 0.3 is 6.03 Å². The van der Waals surface area contributed by atoms with Gasteiger partial charge in [0.1, 0.15) is 17.7 Å². The highest BCUT2D eigenvalue weighted by Gasteiger charge is 2.21. The normalized spacial score (nSPS) is 11.8. The summed E-state index contributed by atoms with van der Waals surface area (Å²) in [7, 11) is 1.84. The van der Waals surface area contributed by atoms with Crippen molar-refractivity contribution in [2.24, 2.45) is 7.05 Å². The van der Waals surface area contributed by atoms with Crippen LogP contribution in [0.3, 0.4) is 0 Å². The van der Waals surface area contributed by atoms with E-state index in [-0.39, 0.29) is 5.69 Å². The van der Waals surface area contributed by atoms with Crippen molar-refractivity contribution < 1.29 is 9.18 Å². The standard InChI is InChI=1S/C18H16ClFN4O/c1-24-11-10-21-17(24)16(12-6-8-13(19)9-7-12)23-18(25)22-15-5-3-2-4-14(15)20/h2-11,16H,1H3,(H2,22,23,25)/t16-/m1/s1. The Balaban J connectivity index is 1.85. The molecule has 2 N–H and O–H groups in total. The number of nitrogens with zero attached hydrogens (tertiary/aromatic N) is 2. The Kier molecular flexibility index (Phi) is 5.00. The fourth-order valence-corrected chi connectivity index (χ4v) is 2.59. The Morgan fingerprint density at radius 3 is 2.56 bits per heavy atom. The fourth-order valence-electron chi connectivity index (χ4n) is 2.46. The molecule has 0 unspecified atom stereocenters. The van der Waals surface area contributed by atoms with Crippen molar-refractivity contribution in [1.82, 2.24) is 14.9 Å². The van der Waals surface area contributed by atoms with Gasteiger partial charge in [0.2, 0.25) is 0 Å². The Labute approximate surface area is 149 Å². The van der Waals surface area contributed by atoms with Crippen molar-refractivity contribution >= 4 is 23.3 Å². The number of carbonyl (C=O) groups is 1. The lowest BCUT2D eigenvalue weighted by molar-refractivity contribution is 0.249. The van der Waals surface area contributed by atoms with Gasteiger partial charge < -0.3 is 15.2 Å². The Morgan fingerprint density at radius 2 is 1.92 bits per heavy atom. The van der Waals surface area contributed by atoms with E-state index in [1.54, 1.807) is 36.7 Å². The zero-order valence-electron chi connectivity index (χ0n) is 13.4. The number of amides is 2. The van der Waals surface area contributed by atoms with Gasteiger partial charge in [-0.15, -0.1) is 0 Å². The molecule has 128 valence electrons. The van der Waals surface area contributed by atoms with E-state index in [2.05, 4.69) is 15.6 Å². The monoisotopic (exact) mass is 358 g/mol. The first-order chi connectivity index (χ1) is 12.0. The SMILES string of the molecule is Cn1ccnc1[C@H](NC(=O)Nc1ccccc1F)c1ccc(Cl)cc1. The van der Waals surface area contributed by atoms with E-state index >= 15 is 0 Å². The van der Waals surface area contributed by atoms with Crippen molar-refractivity contribution in [3.8, 4) is 0 Å². The molecular weight excluding hydrogens is 343 g/mol. The van der Waals surface area contributed by atoms with Crippen LogP contribution < -0.4 is 10.6 Å². The number of carbonyl (C=O) groups excluding carboxylic acids is 1. The summed E-state index contributed by atoms with van der Waals surface area (Å²) in [4.78, 5) is 16.7. The number of aryl methyl sites for hydroxylation is 1. The molecule has 0 aliphatic carbocycles. The number of hydrogen-bond acceptors (Lipinski definition) is 2. The number of urea groups is 1. The molecule has 7 heteroatoms. The van der Waals surface area contributed by atoms with E-state index in [1.165, 1.54) is 12.1 Å². The molecule has 0 bridgehead atoms. The minimum absolute atomic E-state index is 0.106. The van der Waals surface area contributed by atoms with Crippen LogP contribution in [-0.2, 0) is 7.05 Å². The van der Waals surface area contributed by atoms with Crippen molar-refractivity contribution in [1.29, 1.82) is 0 Å². The van der Waals surface area contributed by atoms with Crippen LogP contribution in [0.15, 0.2) is 60.9 Å². The predicted molar refractivity (Wildman–Crippen MR) is 95.1 cm³/mol. The fraction of sp³-hybridized carbons (Fsp3) is 0.111. The number of anilines is 1. The molecule has 1 atom stereocenters. The van der Waals surface area contributed by atoms with E-state index in [4.69, 9.17) is 11.6 Å². The Morgan fingerprint density at radius 1 is 1.20 bits per heavy atom. The number of hydrogen-bond donors (Lipinski definition) is 2. The minimum atomic E-state index is -0.534. The Hall–Kier alpha value is -2.86. The summed E-state index contributed by atoms with van der Waals surface area (Å²) in [6.07, 6.45) is 3.43. The van der Waals surface area contributed by atoms with Crippen molar-refractivity contribution in [2.45, 2.75) is 6.04 Å². The van der Waals surface area contributed by atoms with Crippen molar-refractivity contribution in [3.05, 3.63) is 83.2 Å². The zero-order chi connectivity index (χ0) is 17.8. The summed E-state index contributed by atoms with van der Waals surface area (Å²) in [5, 5.41) is 5.94. The van der Waals surface area contributed by atoms with Crippen LogP contribution in [0.5, 0.6) is 0 Å². The average molecular weight is 359 g/mol. The van der Waals surface area contributed by atoms with Crippen LogP contribution in [0.25, 0.3) is 0 Å². The van der Waals surface area contributed by atoms with Crippen molar-refractivity contribution in [2.75, 3.05) is 5.32 Å². The smallest absolute Gasteiger partial charge is 0.320 e. The largest absolute Gasteiger partial charge is 0.336 e. The van der Waals surface area contributed by atoms with Crippen LogP contribution in [-0.4, -0.2) is 15.6 Å². The van der Waals surface area contributed by atoms with Gasteiger partial charge in [0.25, 0.3) is 0 Å². The lowest BCUT2D eigenvalue weighted by atomic mass is 10.1. The second-order valence-electron chi connectivity index (χ2n) is 5.46. The molecule has 1 aromatic heterocycles. The zero-order valence-corrected chi connectivity index (χ0v) is 14.2. The summed E-state index contributed by atoms with van der Waals surface area (Å²) < 4.78 is 15.5. The van der Waals surface area contributed by atoms with Gasteiger partial charge in [-0.1, -0.05) is 35.9 Å². The lowest BCUT2D eigenvalue weighted by Gasteiger charge is -2.19. The maximum Gasteiger partial charge on any atom is 0.320 e. The van der Waals surface area contributed by atoms with E-state index in [9.17, 15) is 9.18 Å². The first-order valence-corrected chi connectivity index (χ1v) is 7.97. The third-order valence-corrected chi connectivity index (χ3v) is 3.97. The third kappa shape index (κ3) is 3.97. The van der Waals surface area contributed by atoms with Gasteiger partial charge in [0, 0.05) is 24.5 Å². The van der Waals surface area contributed by atoms with Gasteiger partial charge in [-0.2, -0.15) is 0 Å². The maximum atomic E-state index is 13.7. The number of aromatic nitrogens is 2. The molecule has 0 fully saturated rings. The summed E-state index contributed by atoms with van der Waals surface area (Å²) in [5.41, 5.74) is 0.914. The number of imidazole rings is 1. The molecule has 3 rings (SSSR count). The topological polar surface area (TPSA) is 59.0 Å². The average Bonchev–Trinajstić information content (AvgIpc) is 3.01. The van der Waals surface area contributed by atoms with Crippen LogP contribution in [0.2, 0.25) is 5.02 Å². The van der Waals surface area contributed by atoms with Crippen LogP contribution in [0.1, 0.15) is 17.4 Å². The second-order valence-corrected chi connectivity index (χ2v) is 5.90. The predicted octanol–water partition coefficient (Wildman–Crippen LogP) is 4.12. The van der Waals surface area contributed by atoms with Gasteiger partial charge in [0.15, 0.2) is 0 Å². The molecule has 0 saturated heterocycles. The molecule has 2 amide bonds. The molecule has 0 saturated carbocycles. The van der Waals surface area contributed by atoms with Crippen molar-refractivity contribution in [3.63, 3.8) is 0 Å². The number of benzene rings is 2.